The van der Waals surface area contributed by atoms with Crippen LogP contribution in [0.2, 0.25) is 0 Å². The summed E-state index contributed by atoms with van der Waals surface area (Å²) in [4.78, 5) is 0. The van der Waals surface area contributed by atoms with Gasteiger partial charge in [0.25, 0.3) is 0 Å². The highest BCUT2D eigenvalue weighted by molar-refractivity contribution is 5.78. The molecule has 2 rings (SSSR count). The molecule has 0 aliphatic carbocycles. The van der Waals surface area contributed by atoms with E-state index in [1.165, 1.54) is 0 Å². The Morgan fingerprint density at radius 1 is 0.560 bits per heavy atom. The Morgan fingerprint density at radius 3 is 1.72 bits per heavy atom. The van der Waals surface area contributed by atoms with Gasteiger partial charge in [0.15, 0.2) is 23.0 Å². The van der Waals surface area contributed by atoms with Gasteiger partial charge in [-0.05, 0) is 12.1 Å². The fourth-order valence-electron chi connectivity index (χ4n) is 2.49. The van der Waals surface area contributed by atoms with E-state index in [-0.39, 0.29) is 0 Å². The summed E-state index contributed by atoms with van der Waals surface area (Å²) in [5.41, 5.74) is 1.33. The summed E-state index contributed by atoms with van der Waals surface area (Å²) in [7, 11) is 9.41. The minimum atomic E-state index is 0.490. The fourth-order valence-corrected chi connectivity index (χ4v) is 2.49. The van der Waals surface area contributed by atoms with Crippen molar-refractivity contribution < 1.29 is 28.4 Å². The van der Waals surface area contributed by atoms with Crippen LogP contribution in [-0.4, -0.2) is 42.7 Å². The molecule has 0 aromatic heterocycles. The second-order valence-corrected chi connectivity index (χ2v) is 4.92. The van der Waals surface area contributed by atoms with Crippen LogP contribution < -0.4 is 33.7 Å². The van der Waals surface area contributed by atoms with Crippen molar-refractivity contribution in [2.75, 3.05) is 48.0 Å². The van der Waals surface area contributed by atoms with Crippen LogP contribution in [0.1, 0.15) is 0 Å². The van der Waals surface area contributed by atoms with Crippen LogP contribution in [0.5, 0.6) is 34.5 Å². The van der Waals surface area contributed by atoms with Gasteiger partial charge < -0.3 is 33.7 Å². The first-order valence-electron chi connectivity index (χ1n) is 7.49. The molecule has 0 unspecified atom stereocenters. The van der Waals surface area contributed by atoms with Gasteiger partial charge in [-0.3, -0.25) is 0 Å². The molecule has 7 nitrogen and oxygen atoms in total. The highest BCUT2D eigenvalue weighted by atomic mass is 16.5. The van der Waals surface area contributed by atoms with Gasteiger partial charge in [0.2, 0.25) is 5.75 Å². The maximum atomic E-state index is 5.50. The van der Waals surface area contributed by atoms with Crippen molar-refractivity contribution >= 4 is 11.4 Å². The molecule has 136 valence electrons. The van der Waals surface area contributed by atoms with Gasteiger partial charge in [-0.25, -0.2) is 0 Å². The predicted octanol–water partition coefficient (Wildman–Crippen LogP) is 3.48. The second-order valence-electron chi connectivity index (χ2n) is 4.92. The van der Waals surface area contributed by atoms with E-state index in [0.717, 1.165) is 0 Å². The van der Waals surface area contributed by atoms with Gasteiger partial charge in [0, 0.05) is 12.1 Å². The quantitative estimate of drug-likeness (QED) is 0.782. The molecule has 1 N–H and O–H groups in total. The van der Waals surface area contributed by atoms with E-state index in [1.807, 2.05) is 6.07 Å². The molecule has 0 atom stereocenters. The first-order chi connectivity index (χ1) is 12.1. The minimum absolute atomic E-state index is 0.490. The normalized spacial score (nSPS) is 10.0. The van der Waals surface area contributed by atoms with Gasteiger partial charge in [-0.2, -0.15) is 0 Å². The molecule has 0 bridgehead atoms. The van der Waals surface area contributed by atoms with Gasteiger partial charge in [0.05, 0.1) is 54.0 Å². The van der Waals surface area contributed by atoms with Crippen molar-refractivity contribution in [1.29, 1.82) is 0 Å². The standard InChI is InChI=1S/C18H23NO6/c1-20-11-9-13(16(23-4)15(10-11)22-3)19-12-7-8-14(21-2)18(25-6)17(12)24-5/h7-10,19H,1-6H3. The van der Waals surface area contributed by atoms with Crippen LogP contribution in [0, 0.1) is 0 Å². The molecule has 0 spiro atoms. The topological polar surface area (TPSA) is 67.4 Å². The van der Waals surface area contributed by atoms with Crippen molar-refractivity contribution in [3.63, 3.8) is 0 Å². The van der Waals surface area contributed by atoms with Gasteiger partial charge in [-0.1, -0.05) is 0 Å². The Labute approximate surface area is 147 Å². The van der Waals surface area contributed by atoms with Crippen LogP contribution in [-0.2, 0) is 0 Å². The summed E-state index contributed by atoms with van der Waals surface area (Å²) < 4.78 is 32.4. The van der Waals surface area contributed by atoms with Crippen LogP contribution in [0.15, 0.2) is 24.3 Å². The van der Waals surface area contributed by atoms with E-state index >= 15 is 0 Å². The Balaban J connectivity index is 2.56. The summed E-state index contributed by atoms with van der Waals surface area (Å²) >= 11 is 0. The molecule has 0 aliphatic heterocycles. The lowest BCUT2D eigenvalue weighted by molar-refractivity contribution is 0.325. The number of methoxy groups -OCH3 is 6. The van der Waals surface area contributed by atoms with Crippen molar-refractivity contribution in [3.05, 3.63) is 24.3 Å². The third-order valence-corrected chi connectivity index (χ3v) is 3.66. The first kappa shape index (κ1) is 18.4. The van der Waals surface area contributed by atoms with Crippen molar-refractivity contribution in [2.45, 2.75) is 0 Å². The molecule has 0 saturated carbocycles. The number of rotatable bonds is 8. The number of ether oxygens (including phenoxy) is 6. The third kappa shape index (κ3) is 3.60. The smallest absolute Gasteiger partial charge is 0.205 e. The summed E-state index contributed by atoms with van der Waals surface area (Å²) in [5, 5.41) is 3.27. The maximum absolute atomic E-state index is 5.50. The number of anilines is 2. The number of hydrogen-bond donors (Lipinski definition) is 1. The van der Waals surface area contributed by atoms with Crippen LogP contribution in [0.3, 0.4) is 0 Å². The molecule has 7 heteroatoms. The van der Waals surface area contributed by atoms with Crippen molar-refractivity contribution in [1.82, 2.24) is 0 Å². The zero-order valence-electron chi connectivity index (χ0n) is 15.3. The Kier molecular flexibility index (Phi) is 6.05. The summed E-state index contributed by atoms with van der Waals surface area (Å²) in [6.07, 6.45) is 0. The second kappa shape index (κ2) is 8.23. The minimum Gasteiger partial charge on any atom is -0.497 e. The fraction of sp³-hybridized carbons (Fsp3) is 0.333. The molecular formula is C18H23NO6. The average Bonchev–Trinajstić information content (AvgIpc) is 2.66. The Morgan fingerprint density at radius 2 is 1.20 bits per heavy atom. The molecule has 25 heavy (non-hydrogen) atoms. The van der Waals surface area contributed by atoms with Crippen LogP contribution in [0.25, 0.3) is 0 Å². The molecule has 2 aromatic carbocycles. The Hall–Kier alpha value is -2.96. The number of benzene rings is 2. The molecule has 0 radical (unpaired) electrons. The largest absolute Gasteiger partial charge is 0.497 e. The summed E-state index contributed by atoms with van der Waals surface area (Å²) in [5.74, 6) is 3.28. The van der Waals surface area contributed by atoms with Gasteiger partial charge in [-0.15, -0.1) is 0 Å². The lowest BCUT2D eigenvalue weighted by Gasteiger charge is -2.19. The zero-order chi connectivity index (χ0) is 18.4. The van der Waals surface area contributed by atoms with Gasteiger partial charge in [0.1, 0.15) is 5.75 Å². The highest BCUT2D eigenvalue weighted by Crippen LogP contribution is 2.46. The van der Waals surface area contributed by atoms with E-state index in [1.54, 1.807) is 60.9 Å². The molecule has 0 saturated heterocycles. The maximum Gasteiger partial charge on any atom is 0.205 e. The summed E-state index contributed by atoms with van der Waals surface area (Å²) in [6, 6.07) is 7.16. The molecular weight excluding hydrogens is 326 g/mol. The van der Waals surface area contributed by atoms with Crippen LogP contribution in [0.4, 0.5) is 11.4 Å². The van der Waals surface area contributed by atoms with E-state index in [9.17, 15) is 0 Å². The molecule has 0 heterocycles. The van der Waals surface area contributed by atoms with Crippen molar-refractivity contribution in [2.24, 2.45) is 0 Å². The lowest BCUT2D eigenvalue weighted by atomic mass is 10.2. The molecule has 0 fully saturated rings. The lowest BCUT2D eigenvalue weighted by Crippen LogP contribution is -2.02. The van der Waals surface area contributed by atoms with E-state index in [0.29, 0.717) is 45.9 Å². The van der Waals surface area contributed by atoms with E-state index < -0.39 is 0 Å². The predicted molar refractivity (Wildman–Crippen MR) is 95.5 cm³/mol. The van der Waals surface area contributed by atoms with Crippen molar-refractivity contribution in [3.8, 4) is 34.5 Å². The monoisotopic (exact) mass is 349 g/mol. The van der Waals surface area contributed by atoms with E-state index in [2.05, 4.69) is 5.32 Å². The molecule has 2 aromatic rings. The average molecular weight is 349 g/mol. The first-order valence-corrected chi connectivity index (χ1v) is 7.49. The molecule has 0 aliphatic rings. The highest BCUT2D eigenvalue weighted by Gasteiger charge is 2.19. The van der Waals surface area contributed by atoms with Crippen LogP contribution >= 0.6 is 0 Å². The third-order valence-electron chi connectivity index (χ3n) is 3.66. The van der Waals surface area contributed by atoms with Gasteiger partial charge >= 0.3 is 0 Å². The number of hydrogen-bond acceptors (Lipinski definition) is 7. The number of nitrogens with one attached hydrogen (secondary N) is 1. The summed E-state index contributed by atoms with van der Waals surface area (Å²) in [6.45, 7) is 0. The van der Waals surface area contributed by atoms with E-state index in [4.69, 9.17) is 28.4 Å². The SMILES string of the molecule is COc1cc(Nc2ccc(OC)c(OC)c2OC)c(OC)c(OC)c1. The Bertz CT molecular complexity index is 732. The molecule has 0 amide bonds. The zero-order valence-corrected chi connectivity index (χ0v) is 15.3.